The maximum atomic E-state index is 13.5. The molecule has 0 atom stereocenters. The Kier molecular flexibility index (Phi) is 9.11. The van der Waals surface area contributed by atoms with E-state index in [-0.39, 0.29) is 33.3 Å². The van der Waals surface area contributed by atoms with E-state index in [2.05, 4.69) is 5.32 Å². The van der Waals surface area contributed by atoms with E-state index in [0.717, 1.165) is 15.4 Å². The molecule has 1 N–H and O–H groups in total. The third-order valence-corrected chi connectivity index (χ3v) is 7.34. The molecule has 0 unspecified atom stereocenters. The third kappa shape index (κ3) is 7.06. The predicted molar refractivity (Wildman–Crippen MR) is 143 cm³/mol. The van der Waals surface area contributed by atoms with Gasteiger partial charge in [-0.2, -0.15) is 0 Å². The molecule has 1 amide bonds. The van der Waals surface area contributed by atoms with Crippen LogP contribution in [0, 0.1) is 6.92 Å². The summed E-state index contributed by atoms with van der Waals surface area (Å²) in [5.74, 6) is 0.617. The Morgan fingerprint density at radius 2 is 1.61 bits per heavy atom. The number of aryl methyl sites for hydroxylation is 1. The molecule has 0 saturated carbocycles. The highest BCUT2D eigenvalue weighted by atomic mass is 35.5. The number of anilines is 1. The molecule has 3 rings (SSSR count). The zero-order chi connectivity index (χ0) is 26.5. The van der Waals surface area contributed by atoms with Crippen molar-refractivity contribution >= 4 is 44.8 Å². The summed E-state index contributed by atoms with van der Waals surface area (Å²) in [6.07, 6.45) is -0.0223. The molecule has 7 nitrogen and oxygen atoms in total. The molecular formula is C26H28Cl2N2O5S. The molecule has 3 aromatic rings. The highest BCUT2D eigenvalue weighted by molar-refractivity contribution is 7.92. The molecule has 0 radical (unpaired) electrons. The van der Waals surface area contributed by atoms with Gasteiger partial charge in [-0.3, -0.25) is 9.10 Å². The van der Waals surface area contributed by atoms with Gasteiger partial charge in [-0.25, -0.2) is 8.42 Å². The Balaban J connectivity index is 1.84. The summed E-state index contributed by atoms with van der Waals surface area (Å²) in [6.45, 7) is 5.37. The summed E-state index contributed by atoms with van der Waals surface area (Å²) in [4.78, 5) is 13.0. The fourth-order valence-electron chi connectivity index (χ4n) is 3.40. The van der Waals surface area contributed by atoms with E-state index < -0.39 is 22.5 Å². The second-order valence-corrected chi connectivity index (χ2v) is 11.1. The van der Waals surface area contributed by atoms with Crippen LogP contribution in [0.25, 0.3) is 0 Å². The van der Waals surface area contributed by atoms with E-state index >= 15 is 0 Å². The van der Waals surface area contributed by atoms with Crippen LogP contribution in [-0.4, -0.2) is 34.1 Å². The number of carbonyl (C=O) groups is 1. The minimum absolute atomic E-state index is 0.0223. The summed E-state index contributed by atoms with van der Waals surface area (Å²) in [5, 5.41) is 3.26. The fourth-order valence-corrected chi connectivity index (χ4v) is 5.32. The van der Waals surface area contributed by atoms with Gasteiger partial charge < -0.3 is 14.8 Å². The van der Waals surface area contributed by atoms with Gasteiger partial charge in [0.1, 0.15) is 6.54 Å². The first-order valence-electron chi connectivity index (χ1n) is 11.2. The van der Waals surface area contributed by atoms with Crippen molar-refractivity contribution in [3.8, 4) is 11.5 Å². The van der Waals surface area contributed by atoms with E-state index in [9.17, 15) is 13.2 Å². The summed E-state index contributed by atoms with van der Waals surface area (Å²) in [5.41, 5.74) is 1.85. The Bertz CT molecular complexity index is 1310. The Morgan fingerprint density at radius 3 is 2.19 bits per heavy atom. The molecule has 0 aliphatic rings. The van der Waals surface area contributed by atoms with Crippen molar-refractivity contribution in [2.24, 2.45) is 0 Å². The van der Waals surface area contributed by atoms with Gasteiger partial charge in [-0.05, 0) is 68.8 Å². The summed E-state index contributed by atoms with van der Waals surface area (Å²) in [6, 6.07) is 16.1. The van der Waals surface area contributed by atoms with Gasteiger partial charge in [0.05, 0.1) is 23.8 Å². The number of rotatable bonds is 10. The first kappa shape index (κ1) is 27.6. The Labute approximate surface area is 222 Å². The molecule has 0 aliphatic heterocycles. The molecule has 0 fully saturated rings. The third-order valence-electron chi connectivity index (χ3n) is 5.11. The van der Waals surface area contributed by atoms with Crippen LogP contribution in [0.2, 0.25) is 10.0 Å². The number of nitrogens with one attached hydrogen (secondary N) is 1. The maximum Gasteiger partial charge on any atom is 0.264 e. The molecule has 0 aromatic heterocycles. The number of methoxy groups -OCH3 is 1. The average molecular weight is 551 g/mol. The second kappa shape index (κ2) is 11.9. The smallest absolute Gasteiger partial charge is 0.264 e. The highest BCUT2D eigenvalue weighted by Crippen LogP contribution is 2.30. The second-order valence-electron chi connectivity index (χ2n) is 8.38. The molecule has 10 heteroatoms. The molecular weight excluding hydrogens is 523 g/mol. The van der Waals surface area contributed by atoms with Crippen LogP contribution in [0.5, 0.6) is 11.5 Å². The highest BCUT2D eigenvalue weighted by Gasteiger charge is 2.28. The van der Waals surface area contributed by atoms with Crippen molar-refractivity contribution in [2.75, 3.05) is 18.0 Å². The molecule has 36 heavy (non-hydrogen) atoms. The molecule has 3 aromatic carbocycles. The summed E-state index contributed by atoms with van der Waals surface area (Å²) in [7, 11) is -2.56. The Hall–Kier alpha value is -2.94. The molecule has 0 spiro atoms. The lowest BCUT2D eigenvalue weighted by atomic mass is 10.2. The first-order valence-corrected chi connectivity index (χ1v) is 13.3. The van der Waals surface area contributed by atoms with Gasteiger partial charge in [-0.1, -0.05) is 47.0 Å². The van der Waals surface area contributed by atoms with Crippen LogP contribution in [-0.2, 0) is 21.4 Å². The van der Waals surface area contributed by atoms with Gasteiger partial charge in [-0.15, -0.1) is 0 Å². The van der Waals surface area contributed by atoms with Gasteiger partial charge in [0.15, 0.2) is 11.5 Å². The van der Waals surface area contributed by atoms with Crippen molar-refractivity contribution in [3.63, 3.8) is 0 Å². The molecule has 0 bridgehead atoms. The number of ether oxygens (including phenoxy) is 2. The molecule has 0 heterocycles. The van der Waals surface area contributed by atoms with Crippen LogP contribution in [0.1, 0.15) is 25.0 Å². The van der Waals surface area contributed by atoms with Gasteiger partial charge in [0.2, 0.25) is 5.91 Å². The van der Waals surface area contributed by atoms with Crippen LogP contribution in [0.15, 0.2) is 65.6 Å². The quantitative estimate of drug-likeness (QED) is 0.354. The lowest BCUT2D eigenvalue weighted by Gasteiger charge is -2.24. The fraction of sp³-hybridized carbons (Fsp3) is 0.269. The molecule has 0 saturated heterocycles. The number of nitrogens with zero attached hydrogens (tertiary/aromatic N) is 1. The number of amides is 1. The van der Waals surface area contributed by atoms with Crippen molar-refractivity contribution in [3.05, 3.63) is 81.8 Å². The van der Waals surface area contributed by atoms with Gasteiger partial charge in [0.25, 0.3) is 10.0 Å². The molecule has 192 valence electrons. The first-order chi connectivity index (χ1) is 17.0. The van der Waals surface area contributed by atoms with Crippen LogP contribution >= 0.6 is 23.2 Å². The topological polar surface area (TPSA) is 84.9 Å². The lowest BCUT2D eigenvalue weighted by Crippen LogP contribution is -2.40. The van der Waals surface area contributed by atoms with E-state index in [0.29, 0.717) is 11.5 Å². The normalized spacial score (nSPS) is 11.3. The van der Waals surface area contributed by atoms with Crippen LogP contribution < -0.4 is 19.1 Å². The predicted octanol–water partition coefficient (Wildman–Crippen LogP) is 5.61. The summed E-state index contributed by atoms with van der Waals surface area (Å²) >= 11 is 12.3. The molecule has 0 aliphatic carbocycles. The zero-order valence-electron chi connectivity index (χ0n) is 20.4. The van der Waals surface area contributed by atoms with Crippen molar-refractivity contribution in [1.29, 1.82) is 0 Å². The monoisotopic (exact) mass is 550 g/mol. The van der Waals surface area contributed by atoms with Crippen molar-refractivity contribution in [2.45, 2.75) is 38.3 Å². The maximum absolute atomic E-state index is 13.5. The zero-order valence-corrected chi connectivity index (χ0v) is 22.7. The van der Waals surface area contributed by atoms with Gasteiger partial charge in [0, 0.05) is 16.6 Å². The number of carbonyl (C=O) groups excluding carboxylic acids is 1. The lowest BCUT2D eigenvalue weighted by molar-refractivity contribution is -0.119. The van der Waals surface area contributed by atoms with Crippen LogP contribution in [0.3, 0.4) is 0 Å². The standard InChI is InChI=1S/C26H28Cl2N2O5S/c1-17(2)35-24-10-7-19(11-25(24)34-4)15-29-26(31)16-30(22-13-20(27)12-21(28)14-22)36(32,33)23-8-5-18(3)6-9-23/h5-14,17H,15-16H2,1-4H3,(H,29,31). The minimum Gasteiger partial charge on any atom is -0.493 e. The Morgan fingerprint density at radius 1 is 0.972 bits per heavy atom. The summed E-state index contributed by atoms with van der Waals surface area (Å²) < 4.78 is 39.1. The average Bonchev–Trinajstić information content (AvgIpc) is 2.81. The van der Waals surface area contributed by atoms with Crippen molar-refractivity contribution < 1.29 is 22.7 Å². The number of benzene rings is 3. The van der Waals surface area contributed by atoms with Gasteiger partial charge >= 0.3 is 0 Å². The SMILES string of the molecule is COc1cc(CNC(=O)CN(c2cc(Cl)cc(Cl)c2)S(=O)(=O)c2ccc(C)cc2)ccc1OC(C)C. The number of hydrogen-bond donors (Lipinski definition) is 1. The van der Waals surface area contributed by atoms with E-state index in [1.54, 1.807) is 30.3 Å². The van der Waals surface area contributed by atoms with E-state index in [4.69, 9.17) is 32.7 Å². The van der Waals surface area contributed by atoms with E-state index in [1.165, 1.54) is 37.4 Å². The van der Waals surface area contributed by atoms with Crippen molar-refractivity contribution in [1.82, 2.24) is 5.32 Å². The van der Waals surface area contributed by atoms with Crippen LogP contribution in [0.4, 0.5) is 5.69 Å². The number of halogens is 2. The largest absolute Gasteiger partial charge is 0.493 e. The minimum atomic E-state index is -4.09. The number of sulfonamides is 1. The number of hydrogen-bond acceptors (Lipinski definition) is 5. The van der Waals surface area contributed by atoms with E-state index in [1.807, 2.05) is 20.8 Å².